The van der Waals surface area contributed by atoms with Gasteiger partial charge in [0.05, 0.1) is 19.3 Å². The third-order valence-corrected chi connectivity index (χ3v) is 3.13. The second kappa shape index (κ2) is 7.20. The summed E-state index contributed by atoms with van der Waals surface area (Å²) in [6.07, 6.45) is 1.97. The molecule has 6 heteroatoms. The Morgan fingerprint density at radius 2 is 2.22 bits per heavy atom. The van der Waals surface area contributed by atoms with E-state index in [0.717, 1.165) is 12.8 Å². The molecule has 0 aromatic carbocycles. The summed E-state index contributed by atoms with van der Waals surface area (Å²) in [6, 6.07) is -1.07. The number of carboxylic acids is 1. The maximum atomic E-state index is 12.1. The van der Waals surface area contributed by atoms with Crippen LogP contribution in [0, 0.1) is 0 Å². The molecule has 104 valence electrons. The Labute approximate surface area is 107 Å². The third-order valence-electron chi connectivity index (χ3n) is 3.13. The Kier molecular flexibility index (Phi) is 5.91. The van der Waals surface area contributed by atoms with Crippen LogP contribution in [0.15, 0.2) is 0 Å². The number of nitrogens with one attached hydrogen (secondary N) is 1. The van der Waals surface area contributed by atoms with Gasteiger partial charge in [-0.1, -0.05) is 20.3 Å². The average molecular weight is 258 g/mol. The predicted octanol–water partition coefficient (Wildman–Crippen LogP) is 1.06. The first-order valence-electron chi connectivity index (χ1n) is 6.47. The zero-order valence-corrected chi connectivity index (χ0v) is 11.0. The van der Waals surface area contributed by atoms with E-state index in [1.807, 2.05) is 13.8 Å². The van der Waals surface area contributed by atoms with E-state index < -0.39 is 12.0 Å². The molecule has 1 fully saturated rings. The molecule has 1 saturated heterocycles. The third kappa shape index (κ3) is 3.87. The highest BCUT2D eigenvalue weighted by atomic mass is 16.5. The van der Waals surface area contributed by atoms with E-state index in [9.17, 15) is 9.59 Å². The fraction of sp³-hybridized carbons (Fsp3) is 0.833. The van der Waals surface area contributed by atoms with Crippen LogP contribution < -0.4 is 5.32 Å². The second-order valence-electron chi connectivity index (χ2n) is 4.46. The number of carbonyl (C=O) groups is 2. The van der Waals surface area contributed by atoms with Crippen LogP contribution in [0.2, 0.25) is 0 Å². The number of amides is 2. The van der Waals surface area contributed by atoms with Gasteiger partial charge in [-0.15, -0.1) is 0 Å². The highest BCUT2D eigenvalue weighted by Crippen LogP contribution is 2.11. The van der Waals surface area contributed by atoms with E-state index in [1.54, 1.807) is 4.90 Å². The lowest BCUT2D eigenvalue weighted by molar-refractivity contribution is -0.139. The lowest BCUT2D eigenvalue weighted by Crippen LogP contribution is -2.55. The van der Waals surface area contributed by atoms with Crippen molar-refractivity contribution in [1.29, 1.82) is 0 Å². The molecule has 0 aromatic heterocycles. The summed E-state index contributed by atoms with van der Waals surface area (Å²) >= 11 is 0. The molecule has 1 aliphatic heterocycles. The fourth-order valence-corrected chi connectivity index (χ4v) is 2.04. The summed E-state index contributed by atoms with van der Waals surface area (Å²) in [7, 11) is 0. The van der Waals surface area contributed by atoms with E-state index in [4.69, 9.17) is 9.84 Å². The molecule has 18 heavy (non-hydrogen) atoms. The topological polar surface area (TPSA) is 78.9 Å². The Morgan fingerprint density at radius 1 is 1.50 bits per heavy atom. The van der Waals surface area contributed by atoms with Crippen LogP contribution in [0.1, 0.15) is 33.1 Å². The molecule has 2 unspecified atom stereocenters. The molecule has 1 rings (SSSR count). The van der Waals surface area contributed by atoms with Gasteiger partial charge in [0, 0.05) is 6.54 Å². The highest BCUT2D eigenvalue weighted by Gasteiger charge is 2.28. The first-order chi connectivity index (χ1) is 8.60. The van der Waals surface area contributed by atoms with Crippen molar-refractivity contribution in [3.63, 3.8) is 0 Å². The fourth-order valence-electron chi connectivity index (χ4n) is 2.04. The smallest absolute Gasteiger partial charge is 0.326 e. The number of rotatable bonds is 5. The van der Waals surface area contributed by atoms with Crippen molar-refractivity contribution in [3.05, 3.63) is 0 Å². The van der Waals surface area contributed by atoms with Crippen molar-refractivity contribution >= 4 is 12.0 Å². The normalized spacial score (nSPS) is 21.4. The minimum absolute atomic E-state index is 0.0369. The SMILES string of the molecule is CCCC(NC(=O)N1CCOCC1CC)C(=O)O. The molecular formula is C12H22N2O4. The molecule has 0 saturated carbocycles. The summed E-state index contributed by atoms with van der Waals surface area (Å²) < 4.78 is 5.32. The predicted molar refractivity (Wildman–Crippen MR) is 66.5 cm³/mol. The quantitative estimate of drug-likeness (QED) is 0.773. The summed E-state index contributed by atoms with van der Waals surface area (Å²) in [6.45, 7) is 5.43. The first-order valence-corrected chi connectivity index (χ1v) is 6.47. The van der Waals surface area contributed by atoms with Crippen molar-refractivity contribution in [2.45, 2.75) is 45.2 Å². The maximum absolute atomic E-state index is 12.1. The van der Waals surface area contributed by atoms with Crippen LogP contribution in [0.5, 0.6) is 0 Å². The average Bonchev–Trinajstić information content (AvgIpc) is 2.37. The molecular weight excluding hydrogens is 236 g/mol. The van der Waals surface area contributed by atoms with Gasteiger partial charge in [0.2, 0.25) is 0 Å². The van der Waals surface area contributed by atoms with Gasteiger partial charge in [0.1, 0.15) is 6.04 Å². The molecule has 2 amide bonds. The molecule has 0 radical (unpaired) electrons. The Morgan fingerprint density at radius 3 is 2.78 bits per heavy atom. The summed E-state index contributed by atoms with van der Waals surface area (Å²) in [4.78, 5) is 24.7. The lowest BCUT2D eigenvalue weighted by atomic mass is 10.1. The summed E-state index contributed by atoms with van der Waals surface area (Å²) in [5.41, 5.74) is 0. The van der Waals surface area contributed by atoms with Crippen molar-refractivity contribution in [2.75, 3.05) is 19.8 Å². The molecule has 0 bridgehead atoms. The zero-order valence-electron chi connectivity index (χ0n) is 11.0. The Hall–Kier alpha value is -1.30. The number of urea groups is 1. The molecule has 0 aromatic rings. The summed E-state index contributed by atoms with van der Waals surface area (Å²) in [5, 5.41) is 11.6. The van der Waals surface area contributed by atoms with Crippen molar-refractivity contribution < 1.29 is 19.4 Å². The van der Waals surface area contributed by atoms with Crippen molar-refractivity contribution in [1.82, 2.24) is 10.2 Å². The van der Waals surface area contributed by atoms with E-state index in [-0.39, 0.29) is 12.1 Å². The monoisotopic (exact) mass is 258 g/mol. The van der Waals surface area contributed by atoms with E-state index in [2.05, 4.69) is 5.32 Å². The van der Waals surface area contributed by atoms with Gasteiger partial charge in [-0.25, -0.2) is 9.59 Å². The Balaban J connectivity index is 2.58. The number of ether oxygens (including phenoxy) is 1. The number of carbonyl (C=O) groups excluding carboxylic acids is 1. The zero-order chi connectivity index (χ0) is 13.5. The van der Waals surface area contributed by atoms with Crippen LogP contribution in [-0.2, 0) is 9.53 Å². The van der Waals surface area contributed by atoms with Gasteiger partial charge in [-0.05, 0) is 12.8 Å². The van der Waals surface area contributed by atoms with Gasteiger partial charge < -0.3 is 20.1 Å². The standard InChI is InChI=1S/C12H22N2O4/c1-3-5-10(11(15)16)13-12(17)14-6-7-18-8-9(14)4-2/h9-10H,3-8H2,1-2H3,(H,13,17)(H,15,16). The minimum atomic E-state index is -0.980. The number of aliphatic carboxylic acids is 1. The van der Waals surface area contributed by atoms with Gasteiger partial charge in [-0.3, -0.25) is 0 Å². The maximum Gasteiger partial charge on any atom is 0.326 e. The number of carboxylic acid groups (broad SMARTS) is 1. The number of morpholine rings is 1. The molecule has 0 aliphatic carbocycles. The van der Waals surface area contributed by atoms with Crippen LogP contribution in [0.3, 0.4) is 0 Å². The molecule has 1 aliphatic rings. The van der Waals surface area contributed by atoms with Gasteiger partial charge in [0.15, 0.2) is 0 Å². The van der Waals surface area contributed by atoms with Crippen LogP contribution in [0.4, 0.5) is 4.79 Å². The number of hydrogen-bond acceptors (Lipinski definition) is 3. The first kappa shape index (κ1) is 14.8. The van der Waals surface area contributed by atoms with Crippen molar-refractivity contribution in [2.24, 2.45) is 0 Å². The highest BCUT2D eigenvalue weighted by molar-refractivity contribution is 5.82. The molecule has 2 atom stereocenters. The van der Waals surface area contributed by atoms with E-state index >= 15 is 0 Å². The molecule has 1 heterocycles. The minimum Gasteiger partial charge on any atom is -0.480 e. The molecule has 6 nitrogen and oxygen atoms in total. The Bertz CT molecular complexity index is 296. The van der Waals surface area contributed by atoms with Crippen molar-refractivity contribution in [3.8, 4) is 0 Å². The largest absolute Gasteiger partial charge is 0.480 e. The lowest BCUT2D eigenvalue weighted by Gasteiger charge is -2.35. The van der Waals surface area contributed by atoms with E-state index in [0.29, 0.717) is 26.2 Å². The van der Waals surface area contributed by atoms with Gasteiger partial charge in [-0.2, -0.15) is 0 Å². The van der Waals surface area contributed by atoms with Gasteiger partial charge >= 0.3 is 12.0 Å². The second-order valence-corrected chi connectivity index (χ2v) is 4.46. The number of hydrogen-bond donors (Lipinski definition) is 2. The molecule has 0 spiro atoms. The summed E-state index contributed by atoms with van der Waals surface area (Å²) in [5.74, 6) is -0.980. The van der Waals surface area contributed by atoms with E-state index in [1.165, 1.54) is 0 Å². The van der Waals surface area contributed by atoms with Gasteiger partial charge in [0.25, 0.3) is 0 Å². The van der Waals surface area contributed by atoms with Crippen LogP contribution in [0.25, 0.3) is 0 Å². The van der Waals surface area contributed by atoms with Crippen LogP contribution >= 0.6 is 0 Å². The number of nitrogens with zero attached hydrogens (tertiary/aromatic N) is 1. The molecule has 2 N–H and O–H groups in total. The van der Waals surface area contributed by atoms with Crippen LogP contribution in [-0.4, -0.2) is 53.8 Å².